The van der Waals surface area contributed by atoms with E-state index in [-0.39, 0.29) is 23.8 Å². The first-order chi connectivity index (χ1) is 7.08. The Morgan fingerprint density at radius 2 is 1.87 bits per heavy atom. The molecule has 4 nitrogen and oxygen atoms in total. The molecule has 0 aromatic carbocycles. The zero-order valence-corrected chi connectivity index (χ0v) is 9.32. The van der Waals surface area contributed by atoms with E-state index in [2.05, 4.69) is 5.32 Å². The van der Waals surface area contributed by atoms with Crippen LogP contribution in [-0.4, -0.2) is 23.0 Å². The third-order valence-electron chi connectivity index (χ3n) is 3.19. The Labute approximate surface area is 90.0 Å². The third-order valence-corrected chi connectivity index (χ3v) is 3.19. The molecule has 0 heterocycles. The lowest BCUT2D eigenvalue weighted by Crippen LogP contribution is -2.48. The maximum Gasteiger partial charge on any atom is 0.306 e. The fourth-order valence-corrected chi connectivity index (χ4v) is 1.92. The zero-order valence-electron chi connectivity index (χ0n) is 9.32. The standard InChI is InChI=1S/C11H19NO3/c1-3-7(4-2)10(13)12-9-5-8(6-9)11(14)15/h7-9H,3-6H2,1-2H3,(H,12,13)(H,14,15). The van der Waals surface area contributed by atoms with Gasteiger partial charge in [0.1, 0.15) is 0 Å². The minimum Gasteiger partial charge on any atom is -0.481 e. The molecule has 0 atom stereocenters. The maximum atomic E-state index is 11.6. The molecule has 0 aliphatic heterocycles. The number of hydrogen-bond donors (Lipinski definition) is 2. The lowest BCUT2D eigenvalue weighted by Gasteiger charge is -2.33. The Hall–Kier alpha value is -1.06. The Morgan fingerprint density at radius 1 is 1.33 bits per heavy atom. The molecule has 0 aromatic rings. The predicted molar refractivity (Wildman–Crippen MR) is 56.4 cm³/mol. The number of carboxylic acids is 1. The van der Waals surface area contributed by atoms with Crippen LogP contribution >= 0.6 is 0 Å². The summed E-state index contributed by atoms with van der Waals surface area (Å²) in [6.07, 6.45) is 2.86. The molecule has 0 saturated heterocycles. The minimum atomic E-state index is -0.747. The Morgan fingerprint density at radius 3 is 2.27 bits per heavy atom. The highest BCUT2D eigenvalue weighted by atomic mass is 16.4. The van der Waals surface area contributed by atoms with E-state index in [9.17, 15) is 9.59 Å². The van der Waals surface area contributed by atoms with Gasteiger partial charge in [-0.2, -0.15) is 0 Å². The van der Waals surface area contributed by atoms with Gasteiger partial charge in [0.15, 0.2) is 0 Å². The molecule has 2 N–H and O–H groups in total. The second-order valence-electron chi connectivity index (χ2n) is 4.23. The molecule has 1 fully saturated rings. The molecule has 1 amide bonds. The Bertz CT molecular complexity index is 242. The molecular formula is C11H19NO3. The van der Waals surface area contributed by atoms with Gasteiger partial charge in [0, 0.05) is 12.0 Å². The molecule has 86 valence electrons. The average molecular weight is 213 g/mol. The fraction of sp³-hybridized carbons (Fsp3) is 0.818. The van der Waals surface area contributed by atoms with Gasteiger partial charge in [-0.15, -0.1) is 0 Å². The number of carboxylic acid groups (broad SMARTS) is 1. The summed E-state index contributed by atoms with van der Waals surface area (Å²) in [5.41, 5.74) is 0. The summed E-state index contributed by atoms with van der Waals surface area (Å²) in [5, 5.41) is 11.6. The van der Waals surface area contributed by atoms with Gasteiger partial charge in [0.05, 0.1) is 5.92 Å². The number of rotatable bonds is 5. The fourth-order valence-electron chi connectivity index (χ4n) is 1.92. The molecular weight excluding hydrogens is 194 g/mol. The number of carbonyl (C=O) groups excluding carboxylic acids is 1. The van der Waals surface area contributed by atoms with Gasteiger partial charge < -0.3 is 10.4 Å². The summed E-state index contributed by atoms with van der Waals surface area (Å²) >= 11 is 0. The van der Waals surface area contributed by atoms with Crippen molar-refractivity contribution < 1.29 is 14.7 Å². The number of carbonyl (C=O) groups is 2. The third kappa shape index (κ3) is 2.94. The van der Waals surface area contributed by atoms with Gasteiger partial charge in [-0.05, 0) is 25.7 Å². The van der Waals surface area contributed by atoms with Crippen LogP contribution in [0.5, 0.6) is 0 Å². The first-order valence-electron chi connectivity index (χ1n) is 5.61. The van der Waals surface area contributed by atoms with E-state index in [1.807, 2.05) is 13.8 Å². The van der Waals surface area contributed by atoms with E-state index in [0.717, 1.165) is 12.8 Å². The van der Waals surface area contributed by atoms with E-state index in [0.29, 0.717) is 12.8 Å². The maximum absolute atomic E-state index is 11.6. The summed E-state index contributed by atoms with van der Waals surface area (Å²) in [6.45, 7) is 3.99. The molecule has 1 aliphatic carbocycles. The van der Waals surface area contributed by atoms with Crippen molar-refractivity contribution in [2.24, 2.45) is 11.8 Å². The highest BCUT2D eigenvalue weighted by Gasteiger charge is 2.35. The monoisotopic (exact) mass is 213 g/mol. The van der Waals surface area contributed by atoms with Crippen molar-refractivity contribution in [1.29, 1.82) is 0 Å². The van der Waals surface area contributed by atoms with E-state index in [4.69, 9.17) is 5.11 Å². The largest absolute Gasteiger partial charge is 0.481 e. The molecule has 15 heavy (non-hydrogen) atoms. The van der Waals surface area contributed by atoms with Crippen molar-refractivity contribution in [2.75, 3.05) is 0 Å². The summed E-state index contributed by atoms with van der Waals surface area (Å²) in [5.74, 6) is -0.845. The van der Waals surface area contributed by atoms with Gasteiger partial charge in [0.25, 0.3) is 0 Å². The molecule has 1 saturated carbocycles. The van der Waals surface area contributed by atoms with Crippen LogP contribution in [0.15, 0.2) is 0 Å². The SMILES string of the molecule is CCC(CC)C(=O)NC1CC(C(=O)O)C1. The second-order valence-corrected chi connectivity index (χ2v) is 4.23. The minimum absolute atomic E-state index is 0.0776. The molecule has 0 aromatic heterocycles. The second kappa shape index (κ2) is 5.14. The predicted octanol–water partition coefficient (Wildman–Crippen LogP) is 1.40. The average Bonchev–Trinajstić information content (AvgIpc) is 2.12. The highest BCUT2D eigenvalue weighted by molar-refractivity contribution is 5.79. The van der Waals surface area contributed by atoms with Crippen molar-refractivity contribution >= 4 is 11.9 Å². The van der Waals surface area contributed by atoms with E-state index in [1.54, 1.807) is 0 Å². The van der Waals surface area contributed by atoms with E-state index in [1.165, 1.54) is 0 Å². The van der Waals surface area contributed by atoms with E-state index < -0.39 is 5.97 Å². The van der Waals surface area contributed by atoms with Crippen LogP contribution in [-0.2, 0) is 9.59 Å². The number of hydrogen-bond acceptors (Lipinski definition) is 2. The molecule has 0 spiro atoms. The van der Waals surface area contributed by atoms with Crippen molar-refractivity contribution in [2.45, 2.75) is 45.6 Å². The molecule has 1 rings (SSSR count). The Balaban J connectivity index is 2.27. The number of aliphatic carboxylic acids is 1. The molecule has 1 aliphatic rings. The first-order valence-corrected chi connectivity index (χ1v) is 5.61. The van der Waals surface area contributed by atoms with Gasteiger partial charge in [-0.1, -0.05) is 13.8 Å². The van der Waals surface area contributed by atoms with Crippen LogP contribution in [0.1, 0.15) is 39.5 Å². The molecule has 0 unspecified atom stereocenters. The molecule has 4 heteroatoms. The van der Waals surface area contributed by atoms with Crippen LogP contribution in [0.4, 0.5) is 0 Å². The summed E-state index contributed by atoms with van der Waals surface area (Å²) in [4.78, 5) is 22.2. The van der Waals surface area contributed by atoms with E-state index >= 15 is 0 Å². The topological polar surface area (TPSA) is 66.4 Å². The lowest BCUT2D eigenvalue weighted by molar-refractivity contribution is -0.146. The van der Waals surface area contributed by atoms with Crippen LogP contribution in [0.25, 0.3) is 0 Å². The quantitative estimate of drug-likeness (QED) is 0.725. The van der Waals surface area contributed by atoms with Crippen LogP contribution in [0, 0.1) is 11.8 Å². The van der Waals surface area contributed by atoms with Gasteiger partial charge in [-0.3, -0.25) is 9.59 Å². The number of nitrogens with one attached hydrogen (secondary N) is 1. The molecule has 0 bridgehead atoms. The summed E-state index contributed by atoms with van der Waals surface area (Å²) < 4.78 is 0. The Kier molecular flexibility index (Phi) is 4.12. The van der Waals surface area contributed by atoms with Gasteiger partial charge in [-0.25, -0.2) is 0 Å². The summed E-state index contributed by atoms with van der Waals surface area (Å²) in [7, 11) is 0. The van der Waals surface area contributed by atoms with Crippen molar-refractivity contribution in [3.05, 3.63) is 0 Å². The lowest BCUT2D eigenvalue weighted by atomic mass is 9.80. The molecule has 0 radical (unpaired) electrons. The first kappa shape index (κ1) is 12.0. The smallest absolute Gasteiger partial charge is 0.306 e. The van der Waals surface area contributed by atoms with Crippen LogP contribution in [0.2, 0.25) is 0 Å². The van der Waals surface area contributed by atoms with Crippen molar-refractivity contribution in [3.63, 3.8) is 0 Å². The number of amides is 1. The van der Waals surface area contributed by atoms with Gasteiger partial charge in [0.2, 0.25) is 5.91 Å². The highest BCUT2D eigenvalue weighted by Crippen LogP contribution is 2.27. The van der Waals surface area contributed by atoms with Crippen LogP contribution < -0.4 is 5.32 Å². The summed E-state index contributed by atoms with van der Waals surface area (Å²) in [6, 6.07) is 0.0826. The van der Waals surface area contributed by atoms with Crippen LogP contribution in [0.3, 0.4) is 0 Å². The zero-order chi connectivity index (χ0) is 11.4. The van der Waals surface area contributed by atoms with Gasteiger partial charge >= 0.3 is 5.97 Å². The van der Waals surface area contributed by atoms with Crippen molar-refractivity contribution in [1.82, 2.24) is 5.32 Å². The van der Waals surface area contributed by atoms with Crippen molar-refractivity contribution in [3.8, 4) is 0 Å². The normalized spacial score (nSPS) is 24.7.